The van der Waals surface area contributed by atoms with Crippen LogP contribution in [0.2, 0.25) is 0 Å². The zero-order valence-electron chi connectivity index (χ0n) is 13.4. The van der Waals surface area contributed by atoms with Crippen LogP contribution in [0.15, 0.2) is 59.3 Å². The van der Waals surface area contributed by atoms with Crippen LogP contribution in [0.4, 0.5) is 4.39 Å². The van der Waals surface area contributed by atoms with E-state index in [4.69, 9.17) is 4.74 Å². The first-order chi connectivity index (χ1) is 11.7. The monoisotopic (exact) mass is 388 g/mol. The van der Waals surface area contributed by atoms with Gasteiger partial charge in [-0.3, -0.25) is 0 Å². The van der Waals surface area contributed by atoms with Gasteiger partial charge in [0.25, 0.3) is 0 Å². The van der Waals surface area contributed by atoms with Crippen molar-refractivity contribution in [3.05, 3.63) is 82.1 Å². The summed E-state index contributed by atoms with van der Waals surface area (Å²) in [4.78, 5) is 4.45. The molecule has 0 amide bonds. The smallest absolute Gasteiger partial charge is 0.137 e. The molecule has 1 aromatic heterocycles. The Labute approximate surface area is 149 Å². The Balaban J connectivity index is 1.67. The molecule has 0 fully saturated rings. The molecule has 0 bridgehead atoms. The summed E-state index contributed by atoms with van der Waals surface area (Å²) >= 11 is 3.23. The Bertz CT molecular complexity index is 814. The molecule has 0 aliphatic rings. The second kappa shape index (κ2) is 7.62. The largest absolute Gasteiger partial charge is 0.497 e. The zero-order chi connectivity index (χ0) is 16.9. The van der Waals surface area contributed by atoms with E-state index >= 15 is 0 Å². The SMILES string of the molecule is COc1ccc(CCc2nccn2Cc2ccc(F)c(Br)c2)cc1. The van der Waals surface area contributed by atoms with E-state index in [1.807, 2.05) is 30.6 Å². The average molecular weight is 389 g/mol. The van der Waals surface area contributed by atoms with Crippen LogP contribution < -0.4 is 4.74 Å². The molecule has 0 aliphatic heterocycles. The van der Waals surface area contributed by atoms with Crippen LogP contribution in [-0.4, -0.2) is 16.7 Å². The number of aryl methyl sites for hydroxylation is 2. The standard InChI is InChI=1S/C19H18BrFN2O/c1-24-16-6-2-14(3-7-16)5-9-19-22-10-11-23(19)13-15-4-8-18(21)17(20)12-15/h2-4,6-8,10-12H,5,9,13H2,1H3. The summed E-state index contributed by atoms with van der Waals surface area (Å²) in [6.07, 6.45) is 5.53. The van der Waals surface area contributed by atoms with E-state index in [9.17, 15) is 4.39 Å². The van der Waals surface area contributed by atoms with E-state index < -0.39 is 0 Å². The van der Waals surface area contributed by atoms with Crippen LogP contribution in [0.3, 0.4) is 0 Å². The highest BCUT2D eigenvalue weighted by molar-refractivity contribution is 9.10. The number of halogens is 2. The zero-order valence-corrected chi connectivity index (χ0v) is 15.0. The van der Waals surface area contributed by atoms with Crippen LogP contribution in [0.1, 0.15) is 17.0 Å². The first kappa shape index (κ1) is 16.7. The van der Waals surface area contributed by atoms with Crippen molar-refractivity contribution in [2.75, 3.05) is 7.11 Å². The lowest BCUT2D eigenvalue weighted by Gasteiger charge is -2.09. The summed E-state index contributed by atoms with van der Waals surface area (Å²) < 4.78 is 21.1. The van der Waals surface area contributed by atoms with Gasteiger partial charge in [0.2, 0.25) is 0 Å². The lowest BCUT2D eigenvalue weighted by Crippen LogP contribution is -2.06. The summed E-state index contributed by atoms with van der Waals surface area (Å²) in [6, 6.07) is 13.2. The molecule has 3 rings (SSSR count). The van der Waals surface area contributed by atoms with Gasteiger partial charge >= 0.3 is 0 Å². The number of benzene rings is 2. The van der Waals surface area contributed by atoms with Crippen LogP contribution in [0.5, 0.6) is 5.75 Å². The Kier molecular flexibility index (Phi) is 5.30. The van der Waals surface area contributed by atoms with Gasteiger partial charge in [0, 0.05) is 25.4 Å². The molecule has 3 aromatic rings. The predicted molar refractivity (Wildman–Crippen MR) is 95.8 cm³/mol. The highest BCUT2D eigenvalue weighted by Gasteiger charge is 2.06. The van der Waals surface area contributed by atoms with Crippen LogP contribution in [-0.2, 0) is 19.4 Å². The summed E-state index contributed by atoms with van der Waals surface area (Å²) in [5.74, 6) is 1.64. The molecule has 0 saturated carbocycles. The first-order valence-corrected chi connectivity index (χ1v) is 8.52. The van der Waals surface area contributed by atoms with Gasteiger partial charge in [0.1, 0.15) is 17.4 Å². The second-order valence-electron chi connectivity index (χ2n) is 5.57. The lowest BCUT2D eigenvalue weighted by molar-refractivity contribution is 0.414. The number of aromatic nitrogens is 2. The maximum atomic E-state index is 13.3. The fourth-order valence-corrected chi connectivity index (χ4v) is 3.02. The van der Waals surface area contributed by atoms with Crippen LogP contribution in [0, 0.1) is 5.82 Å². The fourth-order valence-electron chi connectivity index (χ4n) is 2.60. The molecule has 124 valence electrons. The van der Waals surface area contributed by atoms with E-state index in [1.165, 1.54) is 11.6 Å². The van der Waals surface area contributed by atoms with Crippen molar-refractivity contribution in [1.82, 2.24) is 9.55 Å². The van der Waals surface area contributed by atoms with Gasteiger partial charge in [0.05, 0.1) is 11.6 Å². The summed E-state index contributed by atoms with van der Waals surface area (Å²) in [7, 11) is 1.67. The van der Waals surface area contributed by atoms with Crippen molar-refractivity contribution < 1.29 is 9.13 Å². The summed E-state index contributed by atoms with van der Waals surface area (Å²) in [5, 5.41) is 0. The molecular formula is C19H18BrFN2O. The number of ether oxygens (including phenoxy) is 1. The average Bonchev–Trinajstić information content (AvgIpc) is 3.04. The molecule has 0 unspecified atom stereocenters. The van der Waals surface area contributed by atoms with Crippen LogP contribution in [0.25, 0.3) is 0 Å². The Morgan fingerprint density at radius 1 is 1.08 bits per heavy atom. The van der Waals surface area contributed by atoms with Crippen molar-refractivity contribution in [3.8, 4) is 5.75 Å². The van der Waals surface area contributed by atoms with Crippen molar-refractivity contribution in [3.63, 3.8) is 0 Å². The van der Waals surface area contributed by atoms with E-state index in [-0.39, 0.29) is 5.82 Å². The Morgan fingerprint density at radius 3 is 2.54 bits per heavy atom. The second-order valence-corrected chi connectivity index (χ2v) is 6.42. The van der Waals surface area contributed by atoms with Crippen LogP contribution >= 0.6 is 15.9 Å². The third-order valence-electron chi connectivity index (χ3n) is 3.93. The minimum atomic E-state index is -0.246. The topological polar surface area (TPSA) is 27.1 Å². The maximum Gasteiger partial charge on any atom is 0.137 e. The highest BCUT2D eigenvalue weighted by atomic mass is 79.9. The Morgan fingerprint density at radius 2 is 1.83 bits per heavy atom. The van der Waals surface area contributed by atoms with E-state index in [1.54, 1.807) is 13.2 Å². The van der Waals surface area contributed by atoms with Crippen molar-refractivity contribution in [2.45, 2.75) is 19.4 Å². The molecule has 0 N–H and O–H groups in total. The number of nitrogens with zero attached hydrogens (tertiary/aromatic N) is 2. The van der Waals surface area contributed by atoms with Gasteiger partial charge in [-0.25, -0.2) is 9.37 Å². The molecule has 24 heavy (non-hydrogen) atoms. The molecule has 0 atom stereocenters. The van der Waals surface area contributed by atoms with Crippen molar-refractivity contribution >= 4 is 15.9 Å². The van der Waals surface area contributed by atoms with E-state index in [0.717, 1.165) is 30.0 Å². The third kappa shape index (κ3) is 4.03. The number of rotatable bonds is 6. The molecule has 0 saturated heterocycles. The highest BCUT2D eigenvalue weighted by Crippen LogP contribution is 2.18. The minimum Gasteiger partial charge on any atom is -0.497 e. The number of imidazole rings is 1. The van der Waals surface area contributed by atoms with Gasteiger partial charge in [-0.15, -0.1) is 0 Å². The van der Waals surface area contributed by atoms with Gasteiger partial charge < -0.3 is 9.30 Å². The first-order valence-electron chi connectivity index (χ1n) is 7.72. The molecular weight excluding hydrogens is 371 g/mol. The Hall–Kier alpha value is -2.14. The van der Waals surface area contributed by atoms with Gasteiger partial charge in [-0.1, -0.05) is 18.2 Å². The quantitative estimate of drug-likeness (QED) is 0.615. The fraction of sp³-hybridized carbons (Fsp3) is 0.211. The molecule has 0 aliphatic carbocycles. The normalized spacial score (nSPS) is 10.8. The summed E-state index contributed by atoms with van der Waals surface area (Å²) in [6.45, 7) is 0.677. The molecule has 2 aromatic carbocycles. The van der Waals surface area contributed by atoms with Gasteiger partial charge in [0.15, 0.2) is 0 Å². The maximum absolute atomic E-state index is 13.3. The van der Waals surface area contributed by atoms with Gasteiger partial charge in [-0.05, 0) is 57.7 Å². The summed E-state index contributed by atoms with van der Waals surface area (Å²) in [5.41, 5.74) is 2.28. The van der Waals surface area contributed by atoms with Crippen molar-refractivity contribution in [1.29, 1.82) is 0 Å². The minimum absolute atomic E-state index is 0.246. The number of hydrogen-bond donors (Lipinski definition) is 0. The molecule has 0 radical (unpaired) electrons. The third-order valence-corrected chi connectivity index (χ3v) is 4.54. The lowest BCUT2D eigenvalue weighted by atomic mass is 10.1. The molecule has 5 heteroatoms. The van der Waals surface area contributed by atoms with Crippen molar-refractivity contribution in [2.24, 2.45) is 0 Å². The number of hydrogen-bond acceptors (Lipinski definition) is 2. The predicted octanol–water partition coefficient (Wildman–Crippen LogP) is 4.63. The molecule has 1 heterocycles. The van der Waals surface area contributed by atoms with E-state index in [0.29, 0.717) is 11.0 Å². The number of methoxy groups -OCH3 is 1. The van der Waals surface area contributed by atoms with E-state index in [2.05, 4.69) is 37.6 Å². The van der Waals surface area contributed by atoms with Gasteiger partial charge in [-0.2, -0.15) is 0 Å². The molecule has 3 nitrogen and oxygen atoms in total. The molecule has 0 spiro atoms.